The third-order valence-electron chi connectivity index (χ3n) is 5.78. The fourth-order valence-electron chi connectivity index (χ4n) is 3.90. The van der Waals surface area contributed by atoms with Crippen LogP contribution in [-0.2, 0) is 50.3 Å². The molecule has 3 N–H and O–H groups in total. The Balaban J connectivity index is 0.000000806. The molecule has 0 unspecified atom stereocenters. The summed E-state index contributed by atoms with van der Waals surface area (Å²) in [5.41, 5.74) is 5.91. The average Bonchev–Trinajstić information content (AvgIpc) is 2.97. The number of fused-ring (bicyclic) bond motifs is 2. The topological polar surface area (TPSA) is 294 Å². The van der Waals surface area contributed by atoms with Gasteiger partial charge in [0.05, 0.1) is 9.79 Å². The fourth-order valence-corrected chi connectivity index (χ4v) is 6.55. The molecule has 0 atom stereocenters. The van der Waals surface area contributed by atoms with Crippen LogP contribution in [0.2, 0.25) is 0 Å². The third-order valence-corrected chi connectivity index (χ3v) is 9.13. The molecule has 5 rings (SSSR count). The number of hydrogen-bond acceptors (Lipinski definition) is 16. The number of hydrogen-bond donors (Lipinski definition) is 2. The van der Waals surface area contributed by atoms with Gasteiger partial charge in [-0.2, -0.15) is 45.0 Å². The second-order valence-corrected chi connectivity index (χ2v) is 15.8. The van der Waals surface area contributed by atoms with E-state index in [-0.39, 0.29) is 141 Å². The van der Waals surface area contributed by atoms with E-state index in [1.54, 1.807) is 0 Å². The number of amides is 1. The minimum Gasteiger partial charge on any atom is -0.744 e. The SMILES string of the molecule is CC(=O)Cl.CC(=O)Nc1ccc2cc(S(=O)(=O)F)cc(S(=O)(=O)F)c2c1.Fc1nc(F)nc(F)n1.Nc1ccc2c(S(=O)(=O)[O-])cc(S(=O)(=O)[O-])cc2c1.[K+].[K+]. The Bertz CT molecular complexity index is 2690. The predicted molar refractivity (Wildman–Crippen MR) is 175 cm³/mol. The van der Waals surface area contributed by atoms with Crippen molar-refractivity contribution in [2.24, 2.45) is 0 Å². The van der Waals surface area contributed by atoms with Gasteiger partial charge in [-0.3, -0.25) is 9.59 Å². The number of carbonyl (C=O) groups is 2. The van der Waals surface area contributed by atoms with E-state index < -0.39 is 84.4 Å². The van der Waals surface area contributed by atoms with Gasteiger partial charge in [0, 0.05) is 30.6 Å². The molecule has 1 aromatic heterocycles. The summed E-state index contributed by atoms with van der Waals surface area (Å²) < 4.78 is 172. The number of aromatic nitrogens is 3. The molecule has 0 saturated carbocycles. The van der Waals surface area contributed by atoms with Gasteiger partial charge in [-0.15, -0.1) is 7.77 Å². The number of nitrogens with two attached hydrogens (primary N) is 1. The van der Waals surface area contributed by atoms with Crippen LogP contribution in [0.4, 0.5) is 32.3 Å². The van der Waals surface area contributed by atoms with E-state index in [0.717, 1.165) is 18.2 Å². The van der Waals surface area contributed by atoms with Gasteiger partial charge in [0.1, 0.15) is 30.0 Å². The predicted octanol–water partition coefficient (Wildman–Crippen LogP) is -2.59. The maximum Gasteiger partial charge on any atom is 1.00 e. The van der Waals surface area contributed by atoms with Gasteiger partial charge in [-0.05, 0) is 76.3 Å². The number of nitrogens with one attached hydrogen (secondary N) is 1. The van der Waals surface area contributed by atoms with Crippen molar-refractivity contribution in [1.82, 2.24) is 15.0 Å². The van der Waals surface area contributed by atoms with Crippen molar-refractivity contribution in [3.63, 3.8) is 0 Å². The van der Waals surface area contributed by atoms with Gasteiger partial charge in [0.15, 0.2) is 0 Å². The molecule has 0 aliphatic rings. The van der Waals surface area contributed by atoms with E-state index in [4.69, 9.17) is 5.73 Å². The zero-order chi connectivity index (χ0) is 41.6. The number of nitrogen functional groups attached to an aromatic ring is 1. The third kappa shape index (κ3) is 17.6. The molecular formula is C27H19ClF5K2N5O12S4. The van der Waals surface area contributed by atoms with Crippen molar-refractivity contribution >= 4 is 96.4 Å². The summed E-state index contributed by atoms with van der Waals surface area (Å²) in [6.07, 6.45) is -4.38. The van der Waals surface area contributed by atoms with Crippen LogP contribution in [0.15, 0.2) is 80.2 Å². The van der Waals surface area contributed by atoms with Crippen LogP contribution in [0.5, 0.6) is 0 Å². The van der Waals surface area contributed by atoms with E-state index in [9.17, 15) is 73.3 Å². The normalized spacial score (nSPS) is 11.2. The molecule has 0 fully saturated rings. The van der Waals surface area contributed by atoms with Crippen LogP contribution in [0.1, 0.15) is 13.8 Å². The van der Waals surface area contributed by atoms with E-state index in [0.29, 0.717) is 12.1 Å². The quantitative estimate of drug-likeness (QED) is 0.0601. The fraction of sp³-hybridized carbons (Fsp3) is 0.0741. The Morgan fingerprint density at radius 2 is 1.11 bits per heavy atom. The van der Waals surface area contributed by atoms with Gasteiger partial charge in [0.25, 0.3) is 0 Å². The molecule has 0 radical (unpaired) electrons. The van der Waals surface area contributed by atoms with E-state index in [1.165, 1.54) is 44.2 Å². The number of anilines is 2. The van der Waals surface area contributed by atoms with Gasteiger partial charge in [-0.1, -0.05) is 12.1 Å². The van der Waals surface area contributed by atoms with Gasteiger partial charge in [-0.25, -0.2) is 16.8 Å². The van der Waals surface area contributed by atoms with Crippen molar-refractivity contribution in [2.75, 3.05) is 11.1 Å². The summed E-state index contributed by atoms with van der Waals surface area (Å²) in [5, 5.41) is 1.92. The number of carbonyl (C=O) groups excluding carboxylic acids is 2. The molecular weight excluding hydrogens is 923 g/mol. The molecule has 5 aromatic rings. The van der Waals surface area contributed by atoms with Crippen LogP contribution < -0.4 is 114 Å². The van der Waals surface area contributed by atoms with Crippen LogP contribution in [0.25, 0.3) is 21.5 Å². The maximum atomic E-state index is 13.4. The minimum absolute atomic E-state index is 0. The average molecular weight is 942 g/mol. The first-order valence-electron chi connectivity index (χ1n) is 13.4. The van der Waals surface area contributed by atoms with E-state index >= 15 is 0 Å². The molecule has 0 aliphatic heterocycles. The van der Waals surface area contributed by atoms with Crippen molar-refractivity contribution in [3.05, 3.63) is 78.9 Å². The van der Waals surface area contributed by atoms with Crippen molar-refractivity contribution in [3.8, 4) is 0 Å². The first-order valence-corrected chi connectivity index (χ1v) is 19.3. The van der Waals surface area contributed by atoms with Crippen molar-refractivity contribution in [2.45, 2.75) is 33.4 Å². The first-order chi connectivity index (χ1) is 24.5. The second-order valence-electron chi connectivity index (χ2n) is 9.84. The Morgan fingerprint density at radius 3 is 1.52 bits per heavy atom. The Morgan fingerprint density at radius 1 is 0.643 bits per heavy atom. The molecule has 4 aromatic carbocycles. The summed E-state index contributed by atoms with van der Waals surface area (Å²) in [5.74, 6) is -0.438. The Kier molecular flexibility index (Phi) is 21.4. The minimum atomic E-state index is -5.30. The van der Waals surface area contributed by atoms with Crippen molar-refractivity contribution in [1.29, 1.82) is 0 Å². The maximum absolute atomic E-state index is 13.4. The monoisotopic (exact) mass is 941 g/mol. The number of nitrogens with zero attached hydrogens (tertiary/aromatic N) is 3. The number of rotatable bonds is 5. The Labute approximate surface area is 404 Å². The number of halogens is 6. The molecule has 1 amide bonds. The smallest absolute Gasteiger partial charge is 0.744 e. The second kappa shape index (κ2) is 22.0. The largest absolute Gasteiger partial charge is 1.00 e. The van der Waals surface area contributed by atoms with E-state index in [2.05, 4.69) is 31.9 Å². The molecule has 56 heavy (non-hydrogen) atoms. The zero-order valence-corrected chi connectivity index (χ0v) is 38.8. The molecule has 1 heterocycles. The summed E-state index contributed by atoms with van der Waals surface area (Å²) >= 11 is 4.64. The molecule has 0 spiro atoms. The molecule has 0 saturated heterocycles. The Hall–Kier alpha value is -1.72. The van der Waals surface area contributed by atoms with Crippen LogP contribution >= 0.6 is 11.6 Å². The molecule has 17 nitrogen and oxygen atoms in total. The first kappa shape index (κ1) is 54.3. The molecule has 0 aliphatic carbocycles. The van der Waals surface area contributed by atoms with Crippen LogP contribution in [0, 0.1) is 18.2 Å². The standard InChI is InChI=1S/C12H9F2NO5S2.C10H9NO6S2.C3F3N3.C2H3ClO.2K/c1-7(16)15-9-3-2-8-4-10(21(13,17)18)6-12(11(8)5-9)22(14,19)20;11-7-1-2-9-6(3-7)4-8(18(12,13)14)5-10(9)19(15,16)17;4-1-7-2(5)9-3(6)8-1;1-2(3)4;;/h2-6H,1H3,(H,15,16);1-5H,11H2,(H,12,13,14)(H,15,16,17);;1H3;;/q;;;;2*+1/p-2. The van der Waals surface area contributed by atoms with Crippen molar-refractivity contribution < 1.29 is 176 Å². The summed E-state index contributed by atoms with van der Waals surface area (Å²) in [7, 11) is -20.3. The van der Waals surface area contributed by atoms with Gasteiger partial charge < -0.3 is 20.2 Å². The van der Waals surface area contributed by atoms with E-state index in [1.807, 2.05) is 0 Å². The van der Waals surface area contributed by atoms with Crippen LogP contribution in [0.3, 0.4) is 0 Å². The van der Waals surface area contributed by atoms with Gasteiger partial charge >= 0.3 is 141 Å². The molecule has 0 bridgehead atoms. The van der Waals surface area contributed by atoms with Gasteiger partial charge in [0.2, 0.25) is 11.1 Å². The zero-order valence-electron chi connectivity index (χ0n) is 28.5. The summed E-state index contributed by atoms with van der Waals surface area (Å²) in [4.78, 5) is 24.0. The summed E-state index contributed by atoms with van der Waals surface area (Å²) in [6, 6.07) is 10.4. The molecule has 29 heteroatoms. The summed E-state index contributed by atoms with van der Waals surface area (Å²) in [6.45, 7) is 2.51. The number of benzene rings is 4. The molecule has 292 valence electrons. The van der Waals surface area contributed by atoms with Crippen LogP contribution in [-0.4, -0.2) is 68.9 Å².